The topological polar surface area (TPSA) is 93.9 Å². The summed E-state index contributed by atoms with van der Waals surface area (Å²) in [5.74, 6) is -0.163. The van der Waals surface area contributed by atoms with Gasteiger partial charge in [-0.05, 0) is 64.0 Å². The number of aliphatic carboxylic acids is 1. The van der Waals surface area contributed by atoms with Crippen LogP contribution in [0.4, 0.5) is 10.5 Å². The number of nitrogens with zero attached hydrogens (tertiary/aromatic N) is 3. The summed E-state index contributed by atoms with van der Waals surface area (Å²) < 4.78 is 13.7. The Morgan fingerprint density at radius 1 is 1.09 bits per heavy atom. The van der Waals surface area contributed by atoms with Gasteiger partial charge in [-0.2, -0.15) is 0 Å². The number of rotatable bonds is 5. The van der Waals surface area contributed by atoms with E-state index in [-0.39, 0.29) is 30.2 Å². The fourth-order valence-electron chi connectivity index (χ4n) is 6.38. The summed E-state index contributed by atoms with van der Waals surface area (Å²) in [6.07, 6.45) is 10.6. The number of carbonyl (C=O) groups excluding carboxylic acids is 1. The van der Waals surface area contributed by atoms with Gasteiger partial charge in [-0.3, -0.25) is 9.69 Å². The molecule has 2 heterocycles. The van der Waals surface area contributed by atoms with E-state index in [0.29, 0.717) is 13.0 Å². The number of carbonyl (C=O) groups is 2. The minimum Gasteiger partial charge on any atom is -0.481 e. The number of benzene rings is 1. The quantitative estimate of drug-likeness (QED) is 0.594. The molecule has 2 aromatic rings. The summed E-state index contributed by atoms with van der Waals surface area (Å²) in [6.45, 7) is 2.47. The number of aromatic nitrogens is 2. The van der Waals surface area contributed by atoms with E-state index in [0.717, 1.165) is 73.1 Å². The van der Waals surface area contributed by atoms with Crippen LogP contribution in [-0.2, 0) is 27.3 Å². The van der Waals surface area contributed by atoms with Gasteiger partial charge in [-0.1, -0.05) is 25.7 Å². The number of imidazole rings is 1. The molecule has 8 heteroatoms. The Kier molecular flexibility index (Phi) is 7.00. The number of ether oxygens (including phenoxy) is 2. The predicted molar refractivity (Wildman–Crippen MR) is 133 cm³/mol. The second kappa shape index (κ2) is 10.2. The maximum absolute atomic E-state index is 12.6. The molecule has 35 heavy (non-hydrogen) atoms. The minimum atomic E-state index is -0.709. The first-order valence-electron chi connectivity index (χ1n) is 13.2. The van der Waals surface area contributed by atoms with E-state index in [4.69, 9.17) is 14.5 Å². The molecule has 5 rings (SSSR count). The molecule has 1 aromatic carbocycles. The van der Waals surface area contributed by atoms with Gasteiger partial charge in [0.15, 0.2) is 0 Å². The van der Waals surface area contributed by atoms with Gasteiger partial charge in [-0.25, -0.2) is 9.78 Å². The highest BCUT2D eigenvalue weighted by Crippen LogP contribution is 2.40. The van der Waals surface area contributed by atoms with E-state index >= 15 is 0 Å². The van der Waals surface area contributed by atoms with Gasteiger partial charge >= 0.3 is 12.1 Å². The molecule has 0 bridgehead atoms. The number of methoxy groups -OCH3 is 1. The first-order valence-corrected chi connectivity index (χ1v) is 13.2. The molecule has 0 radical (unpaired) electrons. The van der Waals surface area contributed by atoms with Crippen LogP contribution >= 0.6 is 0 Å². The molecule has 0 unspecified atom stereocenters. The lowest BCUT2D eigenvalue weighted by atomic mass is 9.85. The maximum Gasteiger partial charge on any atom is 0.414 e. The van der Waals surface area contributed by atoms with Gasteiger partial charge in [0.05, 0.1) is 35.9 Å². The standard InChI is InChI=1S/C27H37N3O5/c1-17-11-12-21-22(29(17)27(33)34-2)13-14-23-25(21)28-24(16-35-20-9-4-3-5-10-20)30(23)19-8-6-7-18(15-19)26(31)32/h13-14,17-20H,3-12,15-16H2,1-2H3,(H,31,32)/t17-,18+,19+/m0/s1. The zero-order valence-electron chi connectivity index (χ0n) is 20.9. The first kappa shape index (κ1) is 24.1. The normalized spacial score (nSPS) is 25.4. The molecule has 0 saturated heterocycles. The second-order valence-corrected chi connectivity index (χ2v) is 10.5. The van der Waals surface area contributed by atoms with E-state index in [9.17, 15) is 14.7 Å². The van der Waals surface area contributed by atoms with Crippen molar-refractivity contribution in [2.45, 2.75) is 102 Å². The van der Waals surface area contributed by atoms with E-state index < -0.39 is 5.97 Å². The number of carboxylic acids is 1. The van der Waals surface area contributed by atoms with Gasteiger partial charge in [-0.15, -0.1) is 0 Å². The van der Waals surface area contributed by atoms with Crippen molar-refractivity contribution >= 4 is 28.8 Å². The molecular formula is C27H37N3O5. The summed E-state index contributed by atoms with van der Waals surface area (Å²) in [6, 6.07) is 4.19. The molecule has 2 fully saturated rings. The second-order valence-electron chi connectivity index (χ2n) is 10.5. The first-order chi connectivity index (χ1) is 17.0. The Labute approximate surface area is 206 Å². The molecule has 0 spiro atoms. The van der Waals surface area contributed by atoms with Crippen LogP contribution in [0, 0.1) is 5.92 Å². The number of aryl methyl sites for hydroxylation is 1. The number of carboxylic acid groups (broad SMARTS) is 1. The monoisotopic (exact) mass is 483 g/mol. The van der Waals surface area contributed by atoms with Gasteiger partial charge < -0.3 is 19.1 Å². The van der Waals surface area contributed by atoms with E-state index in [1.165, 1.54) is 26.4 Å². The number of amides is 1. The number of hydrogen-bond acceptors (Lipinski definition) is 5. The molecular weight excluding hydrogens is 446 g/mol. The van der Waals surface area contributed by atoms with Crippen molar-refractivity contribution in [1.82, 2.24) is 9.55 Å². The lowest BCUT2D eigenvalue weighted by Gasteiger charge is -2.34. The lowest BCUT2D eigenvalue weighted by molar-refractivity contribution is -0.143. The van der Waals surface area contributed by atoms with Crippen LogP contribution in [0.1, 0.15) is 88.6 Å². The molecule has 3 aliphatic rings. The van der Waals surface area contributed by atoms with Crippen molar-refractivity contribution < 1.29 is 24.2 Å². The van der Waals surface area contributed by atoms with Gasteiger partial charge in [0.1, 0.15) is 12.4 Å². The molecule has 1 amide bonds. The Bertz CT molecular complexity index is 1090. The van der Waals surface area contributed by atoms with E-state index in [2.05, 4.69) is 4.57 Å². The maximum atomic E-state index is 12.6. The molecule has 3 atom stereocenters. The third kappa shape index (κ3) is 4.65. The summed E-state index contributed by atoms with van der Waals surface area (Å²) in [5.41, 5.74) is 3.85. The highest BCUT2D eigenvalue weighted by Gasteiger charge is 2.34. The van der Waals surface area contributed by atoms with Crippen LogP contribution in [0.3, 0.4) is 0 Å². The fraction of sp³-hybridized carbons (Fsp3) is 0.667. The zero-order valence-corrected chi connectivity index (χ0v) is 20.9. The zero-order chi connectivity index (χ0) is 24.5. The van der Waals surface area contributed by atoms with Crippen LogP contribution < -0.4 is 4.90 Å². The Morgan fingerprint density at radius 2 is 1.89 bits per heavy atom. The van der Waals surface area contributed by atoms with Crippen LogP contribution in [0.25, 0.3) is 11.0 Å². The van der Waals surface area contributed by atoms with Crippen LogP contribution in [0.5, 0.6) is 0 Å². The fourth-order valence-corrected chi connectivity index (χ4v) is 6.38. The van der Waals surface area contributed by atoms with Crippen molar-refractivity contribution in [2.24, 2.45) is 5.92 Å². The Hall–Kier alpha value is -2.61. The molecule has 1 aromatic heterocycles. The molecule has 8 nitrogen and oxygen atoms in total. The molecule has 2 saturated carbocycles. The smallest absolute Gasteiger partial charge is 0.414 e. The Balaban J connectivity index is 1.56. The predicted octanol–water partition coefficient (Wildman–Crippen LogP) is 5.61. The van der Waals surface area contributed by atoms with Crippen LogP contribution in [-0.4, -0.2) is 46.0 Å². The Morgan fingerprint density at radius 3 is 2.63 bits per heavy atom. The largest absolute Gasteiger partial charge is 0.481 e. The minimum absolute atomic E-state index is 0.0539. The molecule has 190 valence electrons. The summed E-state index contributed by atoms with van der Waals surface area (Å²) in [4.78, 5) is 31.2. The third-order valence-electron chi connectivity index (χ3n) is 8.26. The van der Waals surface area contributed by atoms with Gasteiger partial charge in [0.2, 0.25) is 0 Å². The summed E-state index contributed by atoms with van der Waals surface area (Å²) >= 11 is 0. The number of anilines is 1. The van der Waals surface area contributed by atoms with E-state index in [1.54, 1.807) is 4.90 Å². The summed E-state index contributed by atoms with van der Waals surface area (Å²) in [7, 11) is 1.42. The van der Waals surface area contributed by atoms with Crippen molar-refractivity contribution in [3.63, 3.8) is 0 Å². The third-order valence-corrected chi connectivity index (χ3v) is 8.26. The highest BCUT2D eigenvalue weighted by atomic mass is 16.5. The SMILES string of the molecule is COC(=O)N1c2ccc3c(nc(COC4CCCCC4)n3[C@@H]3CCC[C@@H](C(=O)O)C3)c2CC[C@@H]1C. The number of fused-ring (bicyclic) bond motifs is 3. The lowest BCUT2D eigenvalue weighted by Crippen LogP contribution is -2.42. The van der Waals surface area contributed by atoms with Crippen molar-refractivity contribution in [3.05, 3.63) is 23.5 Å². The number of hydrogen-bond donors (Lipinski definition) is 1. The van der Waals surface area contributed by atoms with Crippen molar-refractivity contribution in [3.8, 4) is 0 Å². The van der Waals surface area contributed by atoms with Crippen LogP contribution in [0.2, 0.25) is 0 Å². The average Bonchev–Trinajstić information content (AvgIpc) is 3.26. The molecule has 1 N–H and O–H groups in total. The van der Waals surface area contributed by atoms with Gasteiger partial charge in [0, 0.05) is 17.6 Å². The summed E-state index contributed by atoms with van der Waals surface area (Å²) in [5, 5.41) is 9.70. The van der Waals surface area contributed by atoms with Crippen LogP contribution in [0.15, 0.2) is 12.1 Å². The average molecular weight is 484 g/mol. The molecule has 1 aliphatic heterocycles. The van der Waals surface area contributed by atoms with E-state index in [1.807, 2.05) is 19.1 Å². The van der Waals surface area contributed by atoms with Crippen molar-refractivity contribution in [1.29, 1.82) is 0 Å². The molecule has 2 aliphatic carbocycles. The highest BCUT2D eigenvalue weighted by molar-refractivity contribution is 5.95. The van der Waals surface area contributed by atoms with Gasteiger partial charge in [0.25, 0.3) is 0 Å². The van der Waals surface area contributed by atoms with Crippen molar-refractivity contribution in [2.75, 3.05) is 12.0 Å².